The average molecular weight is 239 g/mol. The summed E-state index contributed by atoms with van der Waals surface area (Å²) < 4.78 is 1.49. The van der Waals surface area contributed by atoms with Gasteiger partial charge in [-0.1, -0.05) is 13.8 Å². The van der Waals surface area contributed by atoms with E-state index in [0.29, 0.717) is 12.5 Å². The van der Waals surface area contributed by atoms with Gasteiger partial charge in [-0.15, -0.1) is 10.2 Å². The van der Waals surface area contributed by atoms with Crippen molar-refractivity contribution in [1.29, 1.82) is 0 Å². The van der Waals surface area contributed by atoms with Gasteiger partial charge < -0.3 is 5.11 Å². The zero-order chi connectivity index (χ0) is 12.8. The van der Waals surface area contributed by atoms with Gasteiger partial charge >= 0.3 is 5.97 Å². The van der Waals surface area contributed by atoms with E-state index >= 15 is 0 Å². The predicted molar refractivity (Wildman–Crippen MR) is 61.7 cm³/mol. The van der Waals surface area contributed by atoms with Gasteiger partial charge in [0.05, 0.1) is 6.42 Å². The van der Waals surface area contributed by atoms with Crippen LogP contribution in [-0.2, 0) is 17.8 Å². The molecule has 1 N–H and O–H groups in total. The normalized spacial score (nSPS) is 10.8. The van der Waals surface area contributed by atoms with Crippen LogP contribution in [0.25, 0.3) is 0 Å². The monoisotopic (exact) mass is 239 g/mol. The van der Waals surface area contributed by atoms with Crippen molar-refractivity contribution in [3.63, 3.8) is 0 Å². The number of rotatable bonds is 6. The molecule has 0 atom stereocenters. The third-order valence-electron chi connectivity index (χ3n) is 2.40. The molecule has 1 aromatic heterocycles. The zero-order valence-corrected chi connectivity index (χ0v) is 10.1. The maximum atomic E-state index is 11.9. The highest BCUT2D eigenvalue weighted by atomic mass is 16.4. The van der Waals surface area contributed by atoms with Gasteiger partial charge in [0.25, 0.3) is 5.56 Å². The lowest BCUT2D eigenvalue weighted by molar-refractivity contribution is -0.136. The van der Waals surface area contributed by atoms with E-state index < -0.39 is 5.97 Å². The maximum Gasteiger partial charge on any atom is 0.303 e. The molecule has 1 rings (SSSR count). The van der Waals surface area contributed by atoms with Crippen LogP contribution in [0.1, 0.15) is 32.4 Å². The molecule has 6 heteroatoms. The van der Waals surface area contributed by atoms with Crippen molar-refractivity contribution < 1.29 is 9.90 Å². The van der Waals surface area contributed by atoms with Crippen LogP contribution in [-0.4, -0.2) is 25.8 Å². The minimum Gasteiger partial charge on any atom is -0.481 e. The van der Waals surface area contributed by atoms with Gasteiger partial charge in [0, 0.05) is 13.0 Å². The summed E-state index contributed by atoms with van der Waals surface area (Å²) in [5.74, 6) is -0.443. The molecule has 0 radical (unpaired) electrons. The van der Waals surface area contributed by atoms with Crippen LogP contribution in [0.4, 0.5) is 0 Å². The fourth-order valence-electron chi connectivity index (χ4n) is 1.36. The minimum atomic E-state index is -0.941. The number of carbonyl (C=O) groups is 1. The lowest BCUT2D eigenvalue weighted by atomic mass is 10.1. The van der Waals surface area contributed by atoms with Gasteiger partial charge in [-0.05, 0) is 12.3 Å². The van der Waals surface area contributed by atoms with E-state index in [4.69, 9.17) is 5.11 Å². The minimum absolute atomic E-state index is 0.0991. The highest BCUT2D eigenvalue weighted by Crippen LogP contribution is 2.00. The Hall–Kier alpha value is -1.72. The van der Waals surface area contributed by atoms with E-state index in [1.165, 1.54) is 10.9 Å². The van der Waals surface area contributed by atoms with Crippen molar-refractivity contribution in [1.82, 2.24) is 14.8 Å². The molecule has 0 saturated heterocycles. The number of aromatic nitrogens is 3. The fraction of sp³-hybridized carbons (Fsp3) is 0.636. The second-order valence-electron chi connectivity index (χ2n) is 4.35. The smallest absolute Gasteiger partial charge is 0.303 e. The van der Waals surface area contributed by atoms with Crippen LogP contribution in [0.5, 0.6) is 0 Å². The Morgan fingerprint density at radius 2 is 2.24 bits per heavy atom. The lowest BCUT2D eigenvalue weighted by Crippen LogP contribution is -2.26. The fourth-order valence-corrected chi connectivity index (χ4v) is 1.36. The van der Waals surface area contributed by atoms with Crippen LogP contribution < -0.4 is 5.56 Å². The van der Waals surface area contributed by atoms with Crippen molar-refractivity contribution in [2.24, 2.45) is 5.92 Å². The summed E-state index contributed by atoms with van der Waals surface area (Å²) in [6, 6.07) is 0. The maximum absolute atomic E-state index is 11.9. The highest BCUT2D eigenvalue weighted by Gasteiger charge is 2.08. The van der Waals surface area contributed by atoms with Gasteiger partial charge in [0.2, 0.25) is 0 Å². The van der Waals surface area contributed by atoms with Gasteiger partial charge in [-0.25, -0.2) is 0 Å². The SMILES string of the molecule is CC(C)CCn1cnnc(CCC(=O)O)c1=O. The summed E-state index contributed by atoms with van der Waals surface area (Å²) >= 11 is 0. The van der Waals surface area contributed by atoms with Crippen molar-refractivity contribution in [3.8, 4) is 0 Å². The van der Waals surface area contributed by atoms with Crippen molar-refractivity contribution in [3.05, 3.63) is 22.4 Å². The number of hydrogen-bond donors (Lipinski definition) is 1. The van der Waals surface area contributed by atoms with Gasteiger partial charge in [0.1, 0.15) is 12.0 Å². The predicted octanol–water partition coefficient (Wildman–Crippen LogP) is 0.702. The number of nitrogens with zero attached hydrogens (tertiary/aromatic N) is 3. The van der Waals surface area contributed by atoms with Crippen LogP contribution in [0, 0.1) is 5.92 Å². The molecule has 1 aromatic rings. The van der Waals surface area contributed by atoms with Gasteiger partial charge in [0.15, 0.2) is 0 Å². The molecule has 1 heterocycles. The molecule has 0 fully saturated rings. The molecule has 0 aromatic carbocycles. The van der Waals surface area contributed by atoms with E-state index in [9.17, 15) is 9.59 Å². The molecule has 0 unspecified atom stereocenters. The molecule has 94 valence electrons. The largest absolute Gasteiger partial charge is 0.481 e. The summed E-state index contributed by atoms with van der Waals surface area (Å²) in [4.78, 5) is 22.3. The van der Waals surface area contributed by atoms with E-state index in [-0.39, 0.29) is 24.1 Å². The van der Waals surface area contributed by atoms with E-state index in [2.05, 4.69) is 24.0 Å². The van der Waals surface area contributed by atoms with E-state index in [1.54, 1.807) is 0 Å². The van der Waals surface area contributed by atoms with Crippen molar-refractivity contribution in [2.75, 3.05) is 0 Å². The van der Waals surface area contributed by atoms with E-state index in [0.717, 1.165) is 6.42 Å². The summed E-state index contributed by atoms with van der Waals surface area (Å²) in [7, 11) is 0. The lowest BCUT2D eigenvalue weighted by Gasteiger charge is -2.07. The topological polar surface area (TPSA) is 85.1 Å². The number of aryl methyl sites for hydroxylation is 2. The van der Waals surface area contributed by atoms with Crippen LogP contribution in [0.15, 0.2) is 11.1 Å². The standard InChI is InChI=1S/C11H17N3O3/c1-8(2)5-6-14-7-12-13-9(11(14)17)3-4-10(15)16/h7-8H,3-6H2,1-2H3,(H,15,16). The summed E-state index contributed by atoms with van der Waals surface area (Å²) in [6.45, 7) is 4.74. The second kappa shape index (κ2) is 6.12. The molecule has 0 aliphatic rings. The number of hydrogen-bond acceptors (Lipinski definition) is 4. The molecule has 0 aliphatic carbocycles. The third kappa shape index (κ3) is 4.34. The van der Waals surface area contributed by atoms with Crippen LogP contribution in [0.2, 0.25) is 0 Å². The average Bonchev–Trinajstić information content (AvgIpc) is 2.25. The Labute approximate surface area is 99.3 Å². The molecule has 0 spiro atoms. The molecule has 6 nitrogen and oxygen atoms in total. The molecule has 0 bridgehead atoms. The molecule has 0 saturated carbocycles. The second-order valence-corrected chi connectivity index (χ2v) is 4.35. The van der Waals surface area contributed by atoms with Crippen LogP contribution in [0.3, 0.4) is 0 Å². The Balaban J connectivity index is 2.76. The molecule has 0 amide bonds. The van der Waals surface area contributed by atoms with Gasteiger partial charge in [-0.3, -0.25) is 14.2 Å². The quantitative estimate of drug-likeness (QED) is 0.789. The molecular formula is C11H17N3O3. The first-order valence-corrected chi connectivity index (χ1v) is 5.63. The van der Waals surface area contributed by atoms with Gasteiger partial charge in [-0.2, -0.15) is 0 Å². The third-order valence-corrected chi connectivity index (χ3v) is 2.40. The number of carboxylic acids is 1. The highest BCUT2D eigenvalue weighted by molar-refractivity contribution is 5.66. The Kier molecular flexibility index (Phi) is 4.81. The van der Waals surface area contributed by atoms with E-state index in [1.807, 2.05) is 0 Å². The summed E-state index contributed by atoms with van der Waals surface area (Å²) in [5, 5.41) is 16.0. The van der Waals surface area contributed by atoms with Crippen molar-refractivity contribution >= 4 is 5.97 Å². The Bertz CT molecular complexity index is 440. The Morgan fingerprint density at radius 1 is 1.53 bits per heavy atom. The first-order chi connectivity index (χ1) is 8.00. The number of carboxylic acid groups (broad SMARTS) is 1. The molecular weight excluding hydrogens is 222 g/mol. The summed E-state index contributed by atoms with van der Waals surface area (Å²) in [5.41, 5.74) is -0.0134. The first-order valence-electron chi connectivity index (χ1n) is 5.63. The first kappa shape index (κ1) is 13.3. The molecule has 0 aliphatic heterocycles. The van der Waals surface area contributed by atoms with Crippen molar-refractivity contribution in [2.45, 2.75) is 39.7 Å². The number of aliphatic carboxylic acids is 1. The Morgan fingerprint density at radius 3 is 2.82 bits per heavy atom. The zero-order valence-electron chi connectivity index (χ0n) is 10.1. The molecule has 17 heavy (non-hydrogen) atoms. The van der Waals surface area contributed by atoms with Crippen LogP contribution >= 0.6 is 0 Å². The summed E-state index contributed by atoms with van der Waals surface area (Å²) in [6.07, 6.45) is 2.31.